The summed E-state index contributed by atoms with van der Waals surface area (Å²) in [6.07, 6.45) is 6.76. The fraction of sp³-hybridized carbons (Fsp3) is 0.556. The standard InChI is InChI=1S/C9H15Si.3ClH.V/c1-8-6-5-7-9(8)10(2,3)4;;;;/h5-7H,1-4H3;3*1H;/q;;;;+3/p-3. The molecule has 81 valence electrons. The first-order valence-corrected chi connectivity index (χ1v) is 8.17. The Morgan fingerprint density at radius 1 is 1.14 bits per heavy atom. The molecule has 0 aromatic carbocycles. The second kappa shape index (κ2) is 6.67. The quantitative estimate of drug-likeness (QED) is 0.423. The van der Waals surface area contributed by atoms with Crippen LogP contribution in [0.4, 0.5) is 0 Å². The third-order valence-corrected chi connectivity index (χ3v) is 5.28. The van der Waals surface area contributed by atoms with Gasteiger partial charge in [0.1, 0.15) is 0 Å². The van der Waals surface area contributed by atoms with Crippen LogP contribution in [0, 0.1) is 0 Å². The summed E-state index contributed by atoms with van der Waals surface area (Å²) >= 11 is 2.78. The molecule has 0 bridgehead atoms. The monoisotopic (exact) mass is 307 g/mol. The van der Waals surface area contributed by atoms with E-state index in [1.807, 2.05) is 0 Å². The third-order valence-electron chi connectivity index (χ3n) is 2.04. The maximum absolute atomic E-state index is 2.78. The molecule has 1 aliphatic rings. The molecule has 1 atom stereocenters. The van der Waals surface area contributed by atoms with Crippen LogP contribution in [0.1, 0.15) is 6.92 Å². The van der Waals surface area contributed by atoms with Gasteiger partial charge in [-0.05, 0) is 0 Å². The predicted octanol–water partition coefficient (Wildman–Crippen LogP) is -5.90. The SMILES string of the molecule is C[C]1([V+3])C=CC=C1[Si](C)(C)C.[Cl-].[Cl-].[Cl-]. The Bertz CT molecular complexity index is 229. The van der Waals surface area contributed by atoms with Gasteiger partial charge in [-0.15, -0.1) is 0 Å². The van der Waals surface area contributed by atoms with E-state index in [-0.39, 0.29) is 41.3 Å². The molecule has 0 saturated carbocycles. The van der Waals surface area contributed by atoms with E-state index in [0.717, 1.165) is 0 Å². The van der Waals surface area contributed by atoms with Crippen LogP contribution in [0.5, 0.6) is 0 Å². The Kier molecular flexibility index (Phi) is 9.80. The van der Waals surface area contributed by atoms with E-state index in [9.17, 15) is 0 Å². The van der Waals surface area contributed by atoms with Crippen LogP contribution in [0.2, 0.25) is 23.8 Å². The summed E-state index contributed by atoms with van der Waals surface area (Å²) in [5.74, 6) is 0. The molecule has 0 aliphatic heterocycles. The second-order valence-electron chi connectivity index (χ2n) is 4.34. The van der Waals surface area contributed by atoms with Gasteiger partial charge in [-0.3, -0.25) is 0 Å². The summed E-state index contributed by atoms with van der Waals surface area (Å²) < 4.78 is 0.275. The van der Waals surface area contributed by atoms with E-state index in [1.54, 1.807) is 5.20 Å². The van der Waals surface area contributed by atoms with Crippen molar-refractivity contribution >= 4 is 8.07 Å². The summed E-state index contributed by atoms with van der Waals surface area (Å²) in [5.41, 5.74) is 0. The molecular formula is C9H15Cl3SiV. The Morgan fingerprint density at radius 3 is 1.71 bits per heavy atom. The fourth-order valence-corrected chi connectivity index (χ4v) is 5.62. The normalized spacial score (nSPS) is 24.3. The van der Waals surface area contributed by atoms with Gasteiger partial charge in [0.25, 0.3) is 0 Å². The Labute approximate surface area is 116 Å². The number of halogens is 3. The van der Waals surface area contributed by atoms with Crippen LogP contribution >= 0.6 is 0 Å². The van der Waals surface area contributed by atoms with Crippen molar-refractivity contribution in [1.82, 2.24) is 0 Å². The minimum absolute atomic E-state index is 0. The van der Waals surface area contributed by atoms with Crippen molar-refractivity contribution in [2.24, 2.45) is 0 Å². The Hall–Kier alpha value is 1.15. The number of hydrogen-bond donors (Lipinski definition) is 0. The molecule has 1 rings (SSSR count). The number of rotatable bonds is 1. The van der Waals surface area contributed by atoms with Gasteiger partial charge in [-0.1, -0.05) is 0 Å². The van der Waals surface area contributed by atoms with Crippen LogP contribution in [0.15, 0.2) is 23.4 Å². The van der Waals surface area contributed by atoms with Crippen LogP contribution < -0.4 is 37.2 Å². The zero-order valence-corrected chi connectivity index (χ0v) is 13.5. The van der Waals surface area contributed by atoms with Crippen LogP contribution in [-0.4, -0.2) is 8.07 Å². The van der Waals surface area contributed by atoms with Crippen molar-refractivity contribution < 1.29 is 54.6 Å². The molecule has 0 spiro atoms. The van der Waals surface area contributed by atoms with Gasteiger partial charge >= 0.3 is 79.6 Å². The van der Waals surface area contributed by atoms with Gasteiger partial charge in [-0.25, -0.2) is 0 Å². The van der Waals surface area contributed by atoms with Crippen molar-refractivity contribution in [1.29, 1.82) is 0 Å². The molecule has 0 nitrogen and oxygen atoms in total. The van der Waals surface area contributed by atoms with Gasteiger partial charge < -0.3 is 37.2 Å². The van der Waals surface area contributed by atoms with Crippen LogP contribution in [-0.2, 0) is 17.4 Å². The molecule has 0 amide bonds. The first kappa shape index (κ1) is 20.5. The van der Waals surface area contributed by atoms with Gasteiger partial charge in [0, 0.05) is 0 Å². The third kappa shape index (κ3) is 4.78. The molecule has 5 heteroatoms. The largest absolute Gasteiger partial charge is 1.00 e. The summed E-state index contributed by atoms with van der Waals surface area (Å²) in [7, 11) is -1.08. The molecule has 0 aromatic rings. The number of allylic oxidation sites excluding steroid dienone is 4. The van der Waals surface area contributed by atoms with Gasteiger partial charge in [0.2, 0.25) is 0 Å². The Balaban J connectivity index is -0.000000403. The van der Waals surface area contributed by atoms with Crippen molar-refractivity contribution in [2.75, 3.05) is 0 Å². The van der Waals surface area contributed by atoms with E-state index in [1.165, 1.54) is 0 Å². The minimum atomic E-state index is -1.08. The van der Waals surface area contributed by atoms with E-state index in [2.05, 4.69) is 62.2 Å². The molecule has 0 N–H and O–H groups in total. The molecule has 0 saturated heterocycles. The molecular weight excluding hydrogens is 293 g/mol. The van der Waals surface area contributed by atoms with Crippen LogP contribution in [0.25, 0.3) is 0 Å². The topological polar surface area (TPSA) is 0 Å². The molecule has 0 radical (unpaired) electrons. The van der Waals surface area contributed by atoms with Crippen molar-refractivity contribution in [3.05, 3.63) is 23.4 Å². The Morgan fingerprint density at radius 2 is 1.57 bits per heavy atom. The van der Waals surface area contributed by atoms with E-state index >= 15 is 0 Å². The molecule has 0 heterocycles. The zero-order chi connectivity index (χ0) is 8.70. The summed E-state index contributed by atoms with van der Waals surface area (Å²) in [5, 5.41) is 1.64. The maximum atomic E-state index is 2.78. The van der Waals surface area contributed by atoms with Crippen molar-refractivity contribution in [3.63, 3.8) is 0 Å². The second-order valence-corrected chi connectivity index (χ2v) is 10.8. The first-order valence-electron chi connectivity index (χ1n) is 3.97. The van der Waals surface area contributed by atoms with Crippen LogP contribution in [0.3, 0.4) is 0 Å². The maximum Gasteiger partial charge on any atom is -1.00 e. The van der Waals surface area contributed by atoms with Gasteiger partial charge in [0.15, 0.2) is 0 Å². The fourth-order valence-electron chi connectivity index (χ4n) is 1.60. The van der Waals surface area contributed by atoms with E-state index in [0.29, 0.717) is 0 Å². The van der Waals surface area contributed by atoms with Gasteiger partial charge in [0.05, 0.1) is 0 Å². The molecule has 0 fully saturated rings. The van der Waals surface area contributed by atoms with E-state index in [4.69, 9.17) is 0 Å². The number of hydrogen-bond acceptors (Lipinski definition) is 0. The molecule has 1 aliphatic carbocycles. The zero-order valence-electron chi connectivity index (χ0n) is 8.81. The van der Waals surface area contributed by atoms with E-state index < -0.39 is 8.07 Å². The predicted molar refractivity (Wildman–Crippen MR) is 48.9 cm³/mol. The summed E-state index contributed by atoms with van der Waals surface area (Å²) in [6, 6.07) is 0. The molecule has 14 heavy (non-hydrogen) atoms. The van der Waals surface area contributed by atoms with Crippen molar-refractivity contribution in [3.8, 4) is 0 Å². The smallest absolute Gasteiger partial charge is 1.00 e. The average molecular weight is 309 g/mol. The average Bonchev–Trinajstić information content (AvgIpc) is 2.06. The van der Waals surface area contributed by atoms with Gasteiger partial charge in [-0.2, -0.15) is 0 Å². The summed E-state index contributed by atoms with van der Waals surface area (Å²) in [6.45, 7) is 9.48. The van der Waals surface area contributed by atoms with Crippen molar-refractivity contribution in [2.45, 2.75) is 30.7 Å². The molecule has 1 unspecified atom stereocenters. The minimum Gasteiger partial charge on any atom is -1.00 e. The first-order chi connectivity index (χ1) is 4.84. The summed E-state index contributed by atoms with van der Waals surface area (Å²) in [4.78, 5) is 0. The molecule has 0 aromatic heterocycles.